The van der Waals surface area contributed by atoms with Gasteiger partial charge in [-0.15, -0.1) is 11.3 Å². The van der Waals surface area contributed by atoms with Crippen molar-refractivity contribution in [3.8, 4) is 0 Å². The molecule has 2 aliphatic rings. The molecule has 1 aromatic carbocycles. The fourth-order valence-electron chi connectivity index (χ4n) is 4.14. The number of carbonyl (C=O) groups is 2. The molecule has 0 fully saturated rings. The van der Waals surface area contributed by atoms with Crippen molar-refractivity contribution in [2.45, 2.75) is 88.6 Å². The average molecular weight is 523 g/mol. The first-order valence-corrected chi connectivity index (χ1v) is 13.5. The zero-order valence-corrected chi connectivity index (χ0v) is 22.5. The van der Waals surface area contributed by atoms with Crippen LogP contribution >= 0.6 is 11.3 Å². The Morgan fingerprint density at radius 3 is 2.11 bits per heavy atom. The van der Waals surface area contributed by atoms with Crippen LogP contribution in [0.15, 0.2) is 16.5 Å². The first-order chi connectivity index (χ1) is 16.2. The van der Waals surface area contributed by atoms with Gasteiger partial charge in [-0.2, -0.15) is 0 Å². The first-order valence-electron chi connectivity index (χ1n) is 11.6. The quantitative estimate of drug-likeness (QED) is 0.476. The number of hydrogen-bond acceptors (Lipinski definition) is 7. The van der Waals surface area contributed by atoms with E-state index in [0.717, 1.165) is 42.7 Å². The van der Waals surface area contributed by atoms with E-state index in [1.54, 1.807) is 34.6 Å². The summed E-state index contributed by atoms with van der Waals surface area (Å²) in [6.45, 7) is 8.32. The van der Waals surface area contributed by atoms with Crippen LogP contribution in [-0.2, 0) is 47.0 Å². The third kappa shape index (κ3) is 7.25. The second-order valence-corrected chi connectivity index (χ2v) is 12.6. The maximum absolute atomic E-state index is 11.9. The lowest BCUT2D eigenvalue weighted by atomic mass is 9.99. The lowest BCUT2D eigenvalue weighted by molar-refractivity contribution is 0.0572. The third-order valence-corrected chi connectivity index (χ3v) is 8.12. The highest BCUT2D eigenvalue weighted by molar-refractivity contribution is 7.86. The number of nitrogens with zero attached hydrogens (tertiary/aromatic N) is 1. The van der Waals surface area contributed by atoms with E-state index >= 15 is 0 Å². The smallest absolute Gasteiger partial charge is 0.419 e. The maximum Gasteiger partial charge on any atom is 0.419 e. The van der Waals surface area contributed by atoms with E-state index in [9.17, 15) is 18.9 Å². The van der Waals surface area contributed by atoms with Crippen molar-refractivity contribution in [3.05, 3.63) is 39.5 Å². The lowest BCUT2D eigenvalue weighted by Gasteiger charge is -2.19. The predicted molar refractivity (Wildman–Crippen MR) is 137 cm³/mol. The number of aliphatic hydroxyl groups is 1. The standard InChI is InChI=1S/C13H16N2O.C11H18N2O4S2/c14-13(16)15-12-10-5-1-3-8(10)7-9-4-2-6-11(9)12;1-10(2,3)17-9(14)13-19(16)7-6-12-8(18-7)11(4,5)15/h7H,1-6H2,(H3,14,15,16);6,15H,1-5H3,(H,13,14). The van der Waals surface area contributed by atoms with E-state index in [4.69, 9.17) is 10.5 Å². The molecule has 1 atom stereocenters. The van der Waals surface area contributed by atoms with Crippen LogP contribution < -0.4 is 15.8 Å². The molecule has 11 heteroatoms. The highest BCUT2D eigenvalue weighted by Gasteiger charge is 2.25. The molecule has 0 aliphatic heterocycles. The van der Waals surface area contributed by atoms with Gasteiger partial charge in [-0.3, -0.25) is 0 Å². The number of nitrogens with two attached hydrogens (primary N) is 1. The van der Waals surface area contributed by atoms with Gasteiger partial charge in [0, 0.05) is 5.69 Å². The molecule has 4 rings (SSSR count). The van der Waals surface area contributed by atoms with E-state index in [2.05, 4.69) is 21.1 Å². The lowest BCUT2D eigenvalue weighted by Crippen LogP contribution is -2.33. The number of aryl methyl sites for hydroxylation is 2. The number of rotatable bonds is 4. The summed E-state index contributed by atoms with van der Waals surface area (Å²) in [5.41, 5.74) is 10.1. The van der Waals surface area contributed by atoms with Crippen LogP contribution in [0.5, 0.6) is 0 Å². The molecule has 0 bridgehead atoms. The molecule has 2 aliphatic carbocycles. The minimum Gasteiger partial charge on any atom is -0.443 e. The third-order valence-electron chi connectivity index (χ3n) is 5.49. The predicted octanol–water partition coefficient (Wildman–Crippen LogP) is 4.07. The van der Waals surface area contributed by atoms with E-state index in [-0.39, 0.29) is 0 Å². The first kappa shape index (κ1) is 27.1. The van der Waals surface area contributed by atoms with Gasteiger partial charge in [-0.1, -0.05) is 6.07 Å². The molecule has 0 radical (unpaired) electrons. The Kier molecular flexibility index (Phi) is 8.23. The number of benzene rings is 1. The minimum absolute atomic E-state index is 0.350. The molecule has 35 heavy (non-hydrogen) atoms. The monoisotopic (exact) mass is 522 g/mol. The Balaban J connectivity index is 0.000000197. The van der Waals surface area contributed by atoms with Crippen molar-refractivity contribution < 1.29 is 23.6 Å². The van der Waals surface area contributed by atoms with Gasteiger partial charge in [0.2, 0.25) is 0 Å². The Morgan fingerprint density at radius 1 is 1.09 bits per heavy atom. The van der Waals surface area contributed by atoms with Crippen molar-refractivity contribution in [2.75, 3.05) is 5.32 Å². The summed E-state index contributed by atoms with van der Waals surface area (Å²) in [7, 11) is -1.74. The van der Waals surface area contributed by atoms with Crippen LogP contribution in [0.25, 0.3) is 0 Å². The van der Waals surface area contributed by atoms with Gasteiger partial charge in [-0.05, 0) is 95.4 Å². The van der Waals surface area contributed by atoms with Gasteiger partial charge in [0.15, 0.2) is 11.0 Å². The molecule has 1 heterocycles. The van der Waals surface area contributed by atoms with Crippen LogP contribution in [-0.4, -0.2) is 32.0 Å². The van der Waals surface area contributed by atoms with Crippen molar-refractivity contribution in [2.24, 2.45) is 5.73 Å². The number of anilines is 1. The fourth-order valence-corrected chi connectivity index (χ4v) is 5.90. The fraction of sp³-hybridized carbons (Fsp3) is 0.542. The molecule has 9 nitrogen and oxygen atoms in total. The molecular weight excluding hydrogens is 488 g/mol. The van der Waals surface area contributed by atoms with Gasteiger partial charge in [0.1, 0.15) is 20.4 Å². The van der Waals surface area contributed by atoms with Crippen molar-refractivity contribution >= 4 is 40.1 Å². The molecule has 0 spiro atoms. The van der Waals surface area contributed by atoms with Crippen LogP contribution in [0.4, 0.5) is 15.3 Å². The van der Waals surface area contributed by atoms with Crippen molar-refractivity contribution in [1.29, 1.82) is 0 Å². The number of fused-ring (bicyclic) bond motifs is 2. The summed E-state index contributed by atoms with van der Waals surface area (Å²) >= 11 is 1.08. The number of nitrogens with one attached hydrogen (secondary N) is 2. The molecule has 1 unspecified atom stereocenters. The van der Waals surface area contributed by atoms with Gasteiger partial charge in [-0.25, -0.2) is 23.5 Å². The van der Waals surface area contributed by atoms with E-state index in [1.807, 2.05) is 0 Å². The Bertz CT molecular complexity index is 1100. The summed E-state index contributed by atoms with van der Waals surface area (Å²) in [5.74, 6) is 0. The number of aromatic nitrogens is 1. The van der Waals surface area contributed by atoms with Gasteiger partial charge >= 0.3 is 12.1 Å². The van der Waals surface area contributed by atoms with Crippen LogP contribution in [0.3, 0.4) is 0 Å². The van der Waals surface area contributed by atoms with Gasteiger partial charge in [0.05, 0.1) is 6.20 Å². The molecule has 2 aromatic rings. The number of amides is 3. The number of ether oxygens (including phenoxy) is 1. The number of urea groups is 1. The second-order valence-electron chi connectivity index (χ2n) is 10.1. The van der Waals surface area contributed by atoms with Crippen LogP contribution in [0, 0.1) is 0 Å². The molecular formula is C24H34N4O5S2. The zero-order valence-electron chi connectivity index (χ0n) is 20.8. The Hall–Kier alpha value is -2.50. The van der Waals surface area contributed by atoms with E-state index in [1.165, 1.54) is 41.3 Å². The molecule has 0 saturated carbocycles. The largest absolute Gasteiger partial charge is 0.443 e. The summed E-state index contributed by atoms with van der Waals surface area (Å²) in [6.07, 6.45) is 7.47. The Labute approximate surface area is 212 Å². The summed E-state index contributed by atoms with van der Waals surface area (Å²) in [6, 6.07) is 1.91. The molecule has 192 valence electrons. The van der Waals surface area contributed by atoms with E-state index < -0.39 is 34.3 Å². The average Bonchev–Trinajstić information content (AvgIpc) is 3.46. The van der Waals surface area contributed by atoms with Gasteiger partial charge < -0.3 is 20.9 Å². The van der Waals surface area contributed by atoms with Crippen LogP contribution in [0.2, 0.25) is 0 Å². The maximum atomic E-state index is 11.9. The van der Waals surface area contributed by atoms with Gasteiger partial charge in [0.25, 0.3) is 0 Å². The molecule has 3 amide bonds. The molecule has 5 N–H and O–H groups in total. The number of hydrogen-bond donors (Lipinski definition) is 4. The summed E-state index contributed by atoms with van der Waals surface area (Å²) < 4.78 is 19.4. The minimum atomic E-state index is -1.74. The molecule has 1 aromatic heterocycles. The topological polar surface area (TPSA) is 144 Å². The zero-order chi connectivity index (χ0) is 26.0. The number of primary amides is 1. The highest BCUT2D eigenvalue weighted by Crippen LogP contribution is 2.38. The van der Waals surface area contributed by atoms with Crippen molar-refractivity contribution in [3.63, 3.8) is 0 Å². The summed E-state index contributed by atoms with van der Waals surface area (Å²) in [4.78, 5) is 26.5. The number of thiazole rings is 1. The second kappa shape index (κ2) is 10.6. The van der Waals surface area contributed by atoms with Crippen molar-refractivity contribution in [1.82, 2.24) is 9.71 Å². The Morgan fingerprint density at radius 2 is 1.66 bits per heavy atom. The summed E-state index contributed by atoms with van der Waals surface area (Å²) in [5, 5.41) is 13.0. The highest BCUT2D eigenvalue weighted by atomic mass is 32.2. The SMILES string of the molecule is CC(C)(C)OC(=O)NS(=O)c1cnc(C(C)(C)O)s1.NC(=O)Nc1c2c(cc3c1CCC3)CCC2. The van der Waals surface area contributed by atoms with Crippen LogP contribution in [0.1, 0.15) is 74.7 Å². The van der Waals surface area contributed by atoms with E-state index in [0.29, 0.717) is 9.22 Å². The molecule has 0 saturated heterocycles. The number of carbonyl (C=O) groups excluding carboxylic acids is 2. The normalized spacial score (nSPS) is 15.4.